The molecule has 3 saturated heterocycles. The first-order chi connectivity index (χ1) is 18.9. The molecule has 2 N–H and O–H groups in total. The molecule has 3 aliphatic heterocycles. The average Bonchev–Trinajstić information content (AvgIpc) is 3.49. The molecule has 0 spiro atoms. The third kappa shape index (κ3) is 6.66. The maximum atomic E-state index is 13.1. The van der Waals surface area contributed by atoms with Crippen LogP contribution in [0.3, 0.4) is 0 Å². The van der Waals surface area contributed by atoms with Crippen LogP contribution in [0.5, 0.6) is 0 Å². The van der Waals surface area contributed by atoms with Crippen LogP contribution in [0.15, 0.2) is 24.3 Å². The smallest absolute Gasteiger partial charge is 0.252 e. The van der Waals surface area contributed by atoms with Crippen LogP contribution in [0.4, 0.5) is 5.69 Å². The molecule has 1 aromatic rings. The van der Waals surface area contributed by atoms with Gasteiger partial charge in [0.25, 0.3) is 11.8 Å². The molecule has 0 radical (unpaired) electrons. The van der Waals surface area contributed by atoms with E-state index in [0.717, 1.165) is 31.9 Å². The van der Waals surface area contributed by atoms with Gasteiger partial charge in [0.15, 0.2) is 5.78 Å². The number of carbonyl (C=O) groups is 4. The van der Waals surface area contributed by atoms with E-state index in [2.05, 4.69) is 22.2 Å². The number of aliphatic hydroxyl groups excluding tert-OH is 1. The van der Waals surface area contributed by atoms with E-state index in [0.29, 0.717) is 31.5 Å². The van der Waals surface area contributed by atoms with Gasteiger partial charge < -0.3 is 30.0 Å². The van der Waals surface area contributed by atoms with Crippen molar-refractivity contribution in [3.63, 3.8) is 0 Å². The Morgan fingerprint density at radius 3 is 2.30 bits per heavy atom. The molecule has 220 valence electrons. The Morgan fingerprint density at radius 2 is 1.68 bits per heavy atom. The molecule has 3 amide bonds. The van der Waals surface area contributed by atoms with Gasteiger partial charge in [0, 0.05) is 56.9 Å². The van der Waals surface area contributed by atoms with Crippen molar-refractivity contribution in [1.82, 2.24) is 20.0 Å². The number of carbonyl (C=O) groups excluding carboxylic acids is 4. The van der Waals surface area contributed by atoms with Crippen molar-refractivity contribution in [2.75, 3.05) is 57.8 Å². The first-order valence-electron chi connectivity index (χ1n) is 14.5. The van der Waals surface area contributed by atoms with Gasteiger partial charge in [0.2, 0.25) is 5.91 Å². The monoisotopic (exact) mass is 555 g/mol. The number of amides is 3. The number of ketones is 1. The minimum atomic E-state index is -1.20. The Morgan fingerprint density at radius 1 is 1.02 bits per heavy atom. The number of aliphatic hydroxyl groups is 1. The summed E-state index contributed by atoms with van der Waals surface area (Å²) in [6.07, 6.45) is 0.233. The number of hydrogen-bond donors (Lipinski definition) is 2. The standard InChI is InChI=1S/C30H45N5O5/c1-20(10-12-31-28(39)21-6-8-22(9-7-21)33-16-14-32(5)15-17-33)18-25(37)34-13-11-23-26(34)24(36)19-35(23)29(40)27(38)30(2,3)4/h6-9,20,23,26-27,38H,10-19H2,1-5H3,(H,31,39). The lowest BCUT2D eigenvalue weighted by Crippen LogP contribution is -2.48. The number of likely N-dealkylation sites (N-methyl/N-ethyl adjacent to an activating group) is 1. The summed E-state index contributed by atoms with van der Waals surface area (Å²) in [4.78, 5) is 59.2. The fourth-order valence-corrected chi connectivity index (χ4v) is 5.86. The summed E-state index contributed by atoms with van der Waals surface area (Å²) in [5.74, 6) is -0.817. The van der Waals surface area contributed by atoms with Crippen LogP contribution in [-0.4, -0.2) is 114 Å². The number of piperazine rings is 1. The Labute approximate surface area is 237 Å². The lowest BCUT2D eigenvalue weighted by atomic mass is 9.88. The molecular formula is C30H45N5O5. The third-order valence-electron chi connectivity index (χ3n) is 8.52. The zero-order valence-electron chi connectivity index (χ0n) is 24.6. The Kier molecular flexibility index (Phi) is 9.19. The van der Waals surface area contributed by atoms with Gasteiger partial charge in [-0.1, -0.05) is 27.7 Å². The molecule has 10 heteroatoms. The second kappa shape index (κ2) is 12.3. The van der Waals surface area contributed by atoms with E-state index in [-0.39, 0.29) is 42.5 Å². The summed E-state index contributed by atoms with van der Waals surface area (Å²) in [5, 5.41) is 13.4. The van der Waals surface area contributed by atoms with Crippen molar-refractivity contribution < 1.29 is 24.3 Å². The zero-order chi connectivity index (χ0) is 29.2. The third-order valence-corrected chi connectivity index (χ3v) is 8.52. The van der Waals surface area contributed by atoms with Crippen molar-refractivity contribution >= 4 is 29.2 Å². The van der Waals surface area contributed by atoms with Crippen molar-refractivity contribution in [2.24, 2.45) is 11.3 Å². The van der Waals surface area contributed by atoms with E-state index in [1.54, 1.807) is 25.7 Å². The summed E-state index contributed by atoms with van der Waals surface area (Å²) in [5.41, 5.74) is 1.10. The summed E-state index contributed by atoms with van der Waals surface area (Å²) < 4.78 is 0. The van der Waals surface area contributed by atoms with Gasteiger partial charge in [0.1, 0.15) is 12.1 Å². The predicted molar refractivity (Wildman–Crippen MR) is 153 cm³/mol. The van der Waals surface area contributed by atoms with Gasteiger partial charge in [-0.3, -0.25) is 19.2 Å². The molecule has 4 unspecified atom stereocenters. The van der Waals surface area contributed by atoms with E-state index in [9.17, 15) is 24.3 Å². The van der Waals surface area contributed by atoms with Crippen LogP contribution in [-0.2, 0) is 14.4 Å². The van der Waals surface area contributed by atoms with Crippen LogP contribution in [0.25, 0.3) is 0 Å². The minimum absolute atomic E-state index is 0.0170. The second-order valence-corrected chi connectivity index (χ2v) is 12.8. The molecular weight excluding hydrogens is 510 g/mol. The lowest BCUT2D eigenvalue weighted by Gasteiger charge is -2.34. The van der Waals surface area contributed by atoms with E-state index in [1.807, 2.05) is 31.2 Å². The number of benzene rings is 1. The van der Waals surface area contributed by atoms with Crippen molar-refractivity contribution in [2.45, 2.75) is 65.1 Å². The predicted octanol–water partition coefficient (Wildman–Crippen LogP) is 1.37. The highest BCUT2D eigenvalue weighted by molar-refractivity contribution is 5.98. The molecule has 0 bridgehead atoms. The summed E-state index contributed by atoms with van der Waals surface area (Å²) in [6, 6.07) is 6.68. The largest absolute Gasteiger partial charge is 0.383 e. The van der Waals surface area contributed by atoms with Crippen LogP contribution in [0.2, 0.25) is 0 Å². The quantitative estimate of drug-likeness (QED) is 0.498. The fraction of sp³-hybridized carbons (Fsp3) is 0.667. The maximum absolute atomic E-state index is 13.1. The van der Waals surface area contributed by atoms with Crippen LogP contribution in [0, 0.1) is 11.3 Å². The van der Waals surface area contributed by atoms with Gasteiger partial charge in [-0.15, -0.1) is 0 Å². The van der Waals surface area contributed by atoms with Gasteiger partial charge in [-0.25, -0.2) is 0 Å². The van der Waals surface area contributed by atoms with E-state index in [4.69, 9.17) is 0 Å². The Balaban J connectivity index is 1.22. The lowest BCUT2D eigenvalue weighted by molar-refractivity contribution is -0.147. The SMILES string of the molecule is CC(CCNC(=O)c1ccc(N2CCN(C)CC2)cc1)CC(=O)N1CCC2C1C(=O)CN2C(=O)C(O)C(C)(C)C. The minimum Gasteiger partial charge on any atom is -0.383 e. The van der Waals surface area contributed by atoms with Gasteiger partial charge >= 0.3 is 0 Å². The molecule has 4 atom stereocenters. The normalized spacial score (nSPS) is 23.2. The second-order valence-electron chi connectivity index (χ2n) is 12.8. The Hall–Kier alpha value is -2.98. The molecule has 1 aromatic carbocycles. The number of nitrogens with one attached hydrogen (secondary N) is 1. The first kappa shape index (κ1) is 30.0. The molecule has 0 aromatic heterocycles. The van der Waals surface area contributed by atoms with Crippen LogP contribution in [0.1, 0.15) is 57.3 Å². The Bertz CT molecular complexity index is 1090. The van der Waals surface area contributed by atoms with Crippen molar-refractivity contribution in [1.29, 1.82) is 0 Å². The average molecular weight is 556 g/mol. The molecule has 0 aliphatic carbocycles. The van der Waals surface area contributed by atoms with Gasteiger partial charge in [-0.05, 0) is 55.5 Å². The van der Waals surface area contributed by atoms with Gasteiger partial charge in [-0.2, -0.15) is 0 Å². The molecule has 40 heavy (non-hydrogen) atoms. The highest BCUT2D eigenvalue weighted by Crippen LogP contribution is 2.33. The highest BCUT2D eigenvalue weighted by atomic mass is 16.3. The van der Waals surface area contributed by atoms with Gasteiger partial charge in [0.05, 0.1) is 12.6 Å². The number of fused-ring (bicyclic) bond motifs is 1. The molecule has 3 fully saturated rings. The van der Waals surface area contributed by atoms with E-state index in [1.165, 1.54) is 4.90 Å². The number of likely N-dealkylation sites (tertiary alicyclic amines) is 2. The number of anilines is 1. The first-order valence-corrected chi connectivity index (χ1v) is 14.5. The molecule has 0 saturated carbocycles. The van der Waals surface area contributed by atoms with E-state index >= 15 is 0 Å². The summed E-state index contributed by atoms with van der Waals surface area (Å²) >= 11 is 0. The highest BCUT2D eigenvalue weighted by Gasteiger charge is 2.52. The number of hydrogen-bond acceptors (Lipinski definition) is 7. The van der Waals surface area contributed by atoms with Crippen LogP contribution < -0.4 is 10.2 Å². The summed E-state index contributed by atoms with van der Waals surface area (Å²) in [7, 11) is 2.12. The topological polar surface area (TPSA) is 114 Å². The summed E-state index contributed by atoms with van der Waals surface area (Å²) in [6.45, 7) is 12.1. The zero-order valence-corrected chi connectivity index (χ0v) is 24.6. The fourth-order valence-electron chi connectivity index (χ4n) is 5.86. The number of Topliss-reactive ketones (excluding diaryl/α,β-unsaturated/α-hetero) is 1. The number of rotatable bonds is 8. The van der Waals surface area contributed by atoms with Crippen LogP contribution >= 0.6 is 0 Å². The number of nitrogens with zero attached hydrogens (tertiary/aromatic N) is 4. The molecule has 3 heterocycles. The van der Waals surface area contributed by atoms with E-state index < -0.39 is 23.5 Å². The van der Waals surface area contributed by atoms with Crippen molar-refractivity contribution in [3.05, 3.63) is 29.8 Å². The van der Waals surface area contributed by atoms with Crippen molar-refractivity contribution in [3.8, 4) is 0 Å². The molecule has 4 rings (SSSR count). The molecule has 3 aliphatic rings. The maximum Gasteiger partial charge on any atom is 0.252 e. The molecule has 10 nitrogen and oxygen atoms in total.